The number of phosphoric ester groups is 1. The lowest BCUT2D eigenvalue weighted by molar-refractivity contribution is 0.153. The van der Waals surface area contributed by atoms with Gasteiger partial charge in [0.2, 0.25) is 0 Å². The van der Waals surface area contributed by atoms with Crippen molar-refractivity contribution >= 4 is 7.82 Å². The van der Waals surface area contributed by atoms with E-state index in [9.17, 15) is 9.46 Å². The van der Waals surface area contributed by atoms with Crippen LogP contribution in [-0.4, -0.2) is 43.4 Å². The fourth-order valence-electron chi connectivity index (χ4n) is 2.13. The quantitative estimate of drug-likeness (QED) is 0.253. The normalized spacial score (nSPS) is 23.2. The first-order valence-corrected chi connectivity index (χ1v) is 9.35. The fourth-order valence-corrected chi connectivity index (χ4v) is 2.89. The third-order valence-corrected chi connectivity index (χ3v) is 4.38. The average molecular weight is 336 g/mol. The van der Waals surface area contributed by atoms with E-state index >= 15 is 0 Å². The van der Waals surface area contributed by atoms with E-state index in [1.165, 1.54) is 0 Å². The molecule has 0 bridgehead atoms. The van der Waals surface area contributed by atoms with Crippen molar-refractivity contribution in [2.24, 2.45) is 5.73 Å². The average Bonchev–Trinajstić information content (AvgIpc) is 3.13. The number of ether oxygens (including phenoxy) is 1. The van der Waals surface area contributed by atoms with Crippen LogP contribution >= 0.6 is 7.82 Å². The highest BCUT2D eigenvalue weighted by Gasteiger charge is 2.37. The smallest absolute Gasteiger partial charge is 0.402 e. The number of hydrogen-bond donors (Lipinski definition) is 3. The first kappa shape index (κ1) is 19.6. The maximum Gasteiger partial charge on any atom is 0.472 e. The van der Waals surface area contributed by atoms with E-state index in [2.05, 4.69) is 16.4 Å². The molecule has 22 heavy (non-hydrogen) atoms. The number of unbranched alkanes of at least 4 members (excludes halogenated alkanes) is 3. The summed E-state index contributed by atoms with van der Waals surface area (Å²) in [5, 5.41) is 3.35. The monoisotopic (exact) mass is 336 g/mol. The van der Waals surface area contributed by atoms with Crippen molar-refractivity contribution in [3.63, 3.8) is 0 Å². The fraction of sp³-hybridized carbons (Fsp3) is 0.857. The lowest BCUT2D eigenvalue weighted by atomic mass is 10.2. The summed E-state index contributed by atoms with van der Waals surface area (Å²) in [7, 11) is -3.82. The number of nitrogens with one attached hydrogen (secondary N) is 1. The third kappa shape index (κ3) is 9.56. The third-order valence-electron chi connectivity index (χ3n) is 3.29. The minimum Gasteiger partial charge on any atom is -0.402 e. The molecule has 1 aliphatic heterocycles. The zero-order chi connectivity index (χ0) is 16.4. The second kappa shape index (κ2) is 10.4. The number of phosphoric acid groups is 1. The Morgan fingerprint density at radius 1 is 1.32 bits per heavy atom. The molecule has 7 nitrogen and oxygen atoms in total. The molecule has 8 heteroatoms. The van der Waals surface area contributed by atoms with Crippen molar-refractivity contribution in [3.05, 3.63) is 12.3 Å². The van der Waals surface area contributed by atoms with Crippen LogP contribution in [0.25, 0.3) is 0 Å². The highest BCUT2D eigenvalue weighted by atomic mass is 31.2. The minimum atomic E-state index is -3.82. The van der Waals surface area contributed by atoms with Crippen molar-refractivity contribution in [1.29, 1.82) is 0 Å². The van der Waals surface area contributed by atoms with Gasteiger partial charge in [-0.05, 0) is 26.3 Å². The number of rotatable bonds is 14. The Balaban J connectivity index is 1.83. The second-order valence-corrected chi connectivity index (χ2v) is 6.87. The van der Waals surface area contributed by atoms with Crippen LogP contribution in [0.1, 0.15) is 39.0 Å². The van der Waals surface area contributed by atoms with Crippen LogP contribution in [0.15, 0.2) is 12.3 Å². The number of nitrogens with two attached hydrogens (primary N) is 1. The Labute approximate surface area is 132 Å². The van der Waals surface area contributed by atoms with Crippen LogP contribution in [0.3, 0.4) is 0 Å². The van der Waals surface area contributed by atoms with Gasteiger partial charge in [0.15, 0.2) is 0 Å². The zero-order valence-corrected chi connectivity index (χ0v) is 14.2. The van der Waals surface area contributed by atoms with E-state index in [1.807, 2.05) is 0 Å². The summed E-state index contributed by atoms with van der Waals surface area (Å²) in [6.07, 6.45) is 5.07. The maximum atomic E-state index is 11.2. The molecule has 0 aromatic heterocycles. The van der Waals surface area contributed by atoms with Gasteiger partial charge in [-0.15, -0.1) is 0 Å². The summed E-state index contributed by atoms with van der Waals surface area (Å²) >= 11 is 0. The van der Waals surface area contributed by atoms with Gasteiger partial charge >= 0.3 is 7.82 Å². The van der Waals surface area contributed by atoms with Gasteiger partial charge in [-0.3, -0.25) is 9.05 Å². The second-order valence-electron chi connectivity index (χ2n) is 5.41. The molecule has 3 atom stereocenters. The SMILES string of the molecule is C=C(N)CC1OC1CNCCCCCCOP(=O)(O)OCC. The molecular formula is C14H29N2O5P. The summed E-state index contributed by atoms with van der Waals surface area (Å²) < 4.78 is 26.1. The molecule has 130 valence electrons. The Bertz CT molecular complexity index is 380. The molecule has 0 spiro atoms. The molecule has 3 unspecified atom stereocenters. The molecule has 0 aliphatic carbocycles. The van der Waals surface area contributed by atoms with Gasteiger partial charge in [-0.25, -0.2) is 4.57 Å². The van der Waals surface area contributed by atoms with Crippen LogP contribution in [0.5, 0.6) is 0 Å². The molecule has 1 aliphatic rings. The molecule has 1 fully saturated rings. The molecule has 4 N–H and O–H groups in total. The minimum absolute atomic E-state index is 0.171. The first-order chi connectivity index (χ1) is 10.4. The van der Waals surface area contributed by atoms with Crippen LogP contribution in [0, 0.1) is 0 Å². The lowest BCUT2D eigenvalue weighted by Gasteiger charge is -2.10. The van der Waals surface area contributed by atoms with E-state index < -0.39 is 7.82 Å². The standard InChI is InChI=1S/C14H29N2O5P/c1-3-19-22(17,18)20-9-7-5-4-6-8-16-11-14-13(21-14)10-12(2)15/h13-14,16H,2-11,15H2,1H3,(H,17,18). The zero-order valence-electron chi connectivity index (χ0n) is 13.3. The van der Waals surface area contributed by atoms with Gasteiger partial charge in [0, 0.05) is 18.7 Å². The Hall–Kier alpha value is -0.430. The highest BCUT2D eigenvalue weighted by Crippen LogP contribution is 2.42. The Kier molecular flexibility index (Phi) is 9.24. The van der Waals surface area contributed by atoms with Gasteiger partial charge in [0.25, 0.3) is 0 Å². The van der Waals surface area contributed by atoms with Crippen LogP contribution in [0.4, 0.5) is 0 Å². The van der Waals surface area contributed by atoms with Crippen molar-refractivity contribution in [2.75, 3.05) is 26.3 Å². The van der Waals surface area contributed by atoms with E-state index in [0.29, 0.717) is 5.70 Å². The van der Waals surface area contributed by atoms with E-state index in [0.717, 1.165) is 45.2 Å². The first-order valence-electron chi connectivity index (χ1n) is 7.86. The predicted molar refractivity (Wildman–Crippen MR) is 85.3 cm³/mol. The molecule has 1 rings (SSSR count). The van der Waals surface area contributed by atoms with Gasteiger partial charge in [0.05, 0.1) is 25.4 Å². The van der Waals surface area contributed by atoms with Crippen molar-refractivity contribution in [2.45, 2.75) is 51.2 Å². The Morgan fingerprint density at radius 2 is 2.05 bits per heavy atom. The van der Waals surface area contributed by atoms with Crippen molar-refractivity contribution < 1.29 is 23.2 Å². The lowest BCUT2D eigenvalue weighted by Crippen LogP contribution is -2.22. The molecule has 0 radical (unpaired) electrons. The van der Waals surface area contributed by atoms with Crippen LogP contribution in [0.2, 0.25) is 0 Å². The summed E-state index contributed by atoms with van der Waals surface area (Å²) in [5.41, 5.74) is 6.20. The maximum absolute atomic E-state index is 11.2. The summed E-state index contributed by atoms with van der Waals surface area (Å²) in [5.74, 6) is 0. The molecule has 0 saturated carbocycles. The summed E-state index contributed by atoms with van der Waals surface area (Å²) in [6, 6.07) is 0. The van der Waals surface area contributed by atoms with Crippen molar-refractivity contribution in [3.8, 4) is 0 Å². The number of hydrogen-bond acceptors (Lipinski definition) is 6. The van der Waals surface area contributed by atoms with Gasteiger partial charge in [0.1, 0.15) is 0 Å². The van der Waals surface area contributed by atoms with E-state index in [-0.39, 0.29) is 25.4 Å². The predicted octanol–water partition coefficient (Wildman–Crippen LogP) is 1.92. The number of epoxide rings is 1. The van der Waals surface area contributed by atoms with Gasteiger partial charge < -0.3 is 20.7 Å². The molecule has 0 aromatic rings. The molecule has 0 aromatic carbocycles. The van der Waals surface area contributed by atoms with Gasteiger partial charge in [-0.1, -0.05) is 19.4 Å². The Morgan fingerprint density at radius 3 is 2.73 bits per heavy atom. The largest absolute Gasteiger partial charge is 0.472 e. The molecule has 0 amide bonds. The summed E-state index contributed by atoms with van der Waals surface area (Å²) in [6.45, 7) is 7.53. The van der Waals surface area contributed by atoms with E-state index in [1.54, 1.807) is 6.92 Å². The topological polar surface area (TPSA) is 106 Å². The summed E-state index contributed by atoms with van der Waals surface area (Å²) in [4.78, 5) is 9.20. The van der Waals surface area contributed by atoms with Crippen LogP contribution < -0.4 is 11.1 Å². The van der Waals surface area contributed by atoms with E-state index in [4.69, 9.17) is 15.0 Å². The molecule has 1 heterocycles. The van der Waals surface area contributed by atoms with Gasteiger partial charge in [-0.2, -0.15) is 0 Å². The molecular weight excluding hydrogens is 307 g/mol. The molecule has 1 saturated heterocycles. The highest BCUT2D eigenvalue weighted by molar-refractivity contribution is 7.47. The van der Waals surface area contributed by atoms with Crippen LogP contribution in [-0.2, 0) is 18.3 Å². The van der Waals surface area contributed by atoms with Crippen molar-refractivity contribution in [1.82, 2.24) is 5.32 Å².